The molecular weight excluding hydrogens is 436 g/mol. The SMILES string of the molecule is C=C(S/C=C\C)S(=O)N(C)Cc1nc2cc(C(=O)N3CCCC3C(=O)O)ccc2n1C. The highest BCUT2D eigenvalue weighted by Crippen LogP contribution is 2.25. The van der Waals surface area contributed by atoms with Crippen molar-refractivity contribution in [2.24, 2.45) is 7.05 Å². The Bertz CT molecular complexity index is 1080. The van der Waals surface area contributed by atoms with Gasteiger partial charge in [0.1, 0.15) is 22.9 Å². The lowest BCUT2D eigenvalue weighted by molar-refractivity contribution is -0.141. The van der Waals surface area contributed by atoms with Crippen LogP contribution >= 0.6 is 11.8 Å². The van der Waals surface area contributed by atoms with Crippen molar-refractivity contribution in [1.29, 1.82) is 0 Å². The smallest absolute Gasteiger partial charge is 0.326 e. The average Bonchev–Trinajstić information content (AvgIpc) is 3.36. The number of carboxylic acid groups (broad SMARTS) is 1. The molecule has 1 saturated heterocycles. The van der Waals surface area contributed by atoms with Crippen LogP contribution in [0.2, 0.25) is 0 Å². The van der Waals surface area contributed by atoms with Crippen molar-refractivity contribution in [2.45, 2.75) is 32.4 Å². The van der Waals surface area contributed by atoms with Crippen LogP contribution in [0.4, 0.5) is 0 Å². The van der Waals surface area contributed by atoms with Gasteiger partial charge in [0, 0.05) is 26.2 Å². The van der Waals surface area contributed by atoms with Gasteiger partial charge in [0.15, 0.2) is 0 Å². The number of likely N-dealkylation sites (tertiary alicyclic amines) is 1. The zero-order valence-electron chi connectivity index (χ0n) is 17.8. The van der Waals surface area contributed by atoms with Gasteiger partial charge < -0.3 is 14.6 Å². The summed E-state index contributed by atoms with van der Waals surface area (Å²) in [5.41, 5.74) is 1.89. The van der Waals surface area contributed by atoms with E-state index in [1.54, 1.807) is 23.5 Å². The van der Waals surface area contributed by atoms with Gasteiger partial charge in [-0.15, -0.1) is 0 Å². The standard InChI is InChI=1S/C21H26N4O4S2/c1-5-11-30-14(2)31(29)23(3)13-19-22-16-12-15(8-9-17(16)24(19)4)20(26)25-10-6-7-18(25)21(27)28/h5,8-9,11-12,18H,2,6-7,10,13H2,1,3-4H3,(H,27,28)/b11-5-. The fourth-order valence-electron chi connectivity index (χ4n) is 3.57. The number of imidazole rings is 1. The maximum absolute atomic E-state index is 12.9. The summed E-state index contributed by atoms with van der Waals surface area (Å²) in [5.74, 6) is -0.573. The molecule has 8 nitrogen and oxygen atoms in total. The summed E-state index contributed by atoms with van der Waals surface area (Å²) >= 11 is 1.32. The van der Waals surface area contributed by atoms with E-state index in [4.69, 9.17) is 0 Å². The number of benzene rings is 1. The molecule has 3 rings (SSSR count). The van der Waals surface area contributed by atoms with E-state index in [2.05, 4.69) is 11.6 Å². The number of thioether (sulfide) groups is 1. The lowest BCUT2D eigenvalue weighted by atomic mass is 10.1. The molecule has 1 N–H and O–H groups in total. The number of hydrogen-bond acceptors (Lipinski definition) is 5. The molecule has 0 saturated carbocycles. The highest BCUT2D eigenvalue weighted by molar-refractivity contribution is 8.17. The first-order valence-electron chi connectivity index (χ1n) is 9.83. The summed E-state index contributed by atoms with van der Waals surface area (Å²) in [6.07, 6.45) is 3.01. The van der Waals surface area contributed by atoms with Gasteiger partial charge in [-0.05, 0) is 43.4 Å². The molecule has 10 heteroatoms. The highest BCUT2D eigenvalue weighted by Gasteiger charge is 2.34. The predicted octanol–water partition coefficient (Wildman–Crippen LogP) is 3.10. The van der Waals surface area contributed by atoms with Crippen LogP contribution in [0.15, 0.2) is 40.5 Å². The molecule has 0 spiro atoms. The van der Waals surface area contributed by atoms with Crippen LogP contribution in [0.5, 0.6) is 0 Å². The van der Waals surface area contributed by atoms with Crippen LogP contribution in [-0.4, -0.2) is 59.6 Å². The van der Waals surface area contributed by atoms with Crippen molar-refractivity contribution in [1.82, 2.24) is 18.8 Å². The van der Waals surface area contributed by atoms with Crippen molar-refractivity contribution in [3.05, 3.63) is 51.9 Å². The molecule has 1 fully saturated rings. The molecule has 2 atom stereocenters. The zero-order valence-corrected chi connectivity index (χ0v) is 19.4. The topological polar surface area (TPSA) is 95.7 Å². The Labute approximate surface area is 188 Å². The molecule has 1 amide bonds. The van der Waals surface area contributed by atoms with E-state index in [1.807, 2.05) is 36.1 Å². The summed E-state index contributed by atoms with van der Waals surface area (Å²) in [4.78, 5) is 30.4. The summed E-state index contributed by atoms with van der Waals surface area (Å²) in [5, 5.41) is 11.2. The van der Waals surface area contributed by atoms with E-state index < -0.39 is 23.0 Å². The normalized spacial score (nSPS) is 17.7. The van der Waals surface area contributed by atoms with Crippen LogP contribution < -0.4 is 0 Å². The minimum Gasteiger partial charge on any atom is -0.480 e. The monoisotopic (exact) mass is 462 g/mol. The van der Waals surface area contributed by atoms with E-state index in [0.717, 1.165) is 5.52 Å². The molecule has 2 heterocycles. The number of carbonyl (C=O) groups excluding carboxylic acids is 1. The molecular formula is C21H26N4O4S2. The Kier molecular flexibility index (Phi) is 7.34. The number of aromatic nitrogens is 2. The number of aryl methyl sites for hydroxylation is 1. The maximum Gasteiger partial charge on any atom is 0.326 e. The number of fused-ring (bicyclic) bond motifs is 1. The number of nitrogens with zero attached hydrogens (tertiary/aromatic N) is 4. The first-order chi connectivity index (χ1) is 14.7. The molecule has 0 radical (unpaired) electrons. The van der Waals surface area contributed by atoms with Gasteiger partial charge in [-0.25, -0.2) is 18.3 Å². The Morgan fingerprint density at radius 2 is 2.19 bits per heavy atom. The van der Waals surface area contributed by atoms with Crippen LogP contribution in [0.3, 0.4) is 0 Å². The average molecular weight is 463 g/mol. The molecule has 0 bridgehead atoms. The number of hydrogen-bond donors (Lipinski definition) is 1. The number of rotatable bonds is 8. The van der Waals surface area contributed by atoms with Crippen LogP contribution in [-0.2, 0) is 29.4 Å². The lowest BCUT2D eigenvalue weighted by Gasteiger charge is -2.21. The summed E-state index contributed by atoms with van der Waals surface area (Å²) in [6, 6.07) is 4.42. The fraction of sp³-hybridized carbons (Fsp3) is 0.381. The van der Waals surface area contributed by atoms with Crippen molar-refractivity contribution < 1.29 is 18.9 Å². The van der Waals surface area contributed by atoms with Gasteiger partial charge in [-0.1, -0.05) is 24.4 Å². The number of amides is 1. The van der Waals surface area contributed by atoms with Crippen LogP contribution in [0.25, 0.3) is 11.0 Å². The third-order valence-corrected chi connectivity index (χ3v) is 7.67. The van der Waals surface area contributed by atoms with E-state index in [0.29, 0.717) is 47.1 Å². The van der Waals surface area contributed by atoms with E-state index in [1.165, 1.54) is 16.7 Å². The molecule has 31 heavy (non-hydrogen) atoms. The summed E-state index contributed by atoms with van der Waals surface area (Å²) < 4.78 is 16.7. The van der Waals surface area contributed by atoms with Gasteiger partial charge in [0.25, 0.3) is 5.91 Å². The maximum atomic E-state index is 12.9. The minimum atomic E-state index is -1.38. The Balaban J connectivity index is 1.81. The van der Waals surface area contributed by atoms with Gasteiger partial charge in [-0.2, -0.15) is 0 Å². The van der Waals surface area contributed by atoms with Crippen molar-refractivity contribution in [3.8, 4) is 0 Å². The second kappa shape index (κ2) is 9.80. The number of aliphatic carboxylic acids is 1. The van der Waals surface area contributed by atoms with Gasteiger partial charge >= 0.3 is 5.97 Å². The third kappa shape index (κ3) is 4.91. The molecule has 1 aromatic heterocycles. The second-order valence-electron chi connectivity index (χ2n) is 7.28. The predicted molar refractivity (Wildman–Crippen MR) is 124 cm³/mol. The number of allylic oxidation sites excluding steroid dienone is 1. The first-order valence-corrected chi connectivity index (χ1v) is 11.8. The summed E-state index contributed by atoms with van der Waals surface area (Å²) in [6.45, 7) is 6.53. The van der Waals surface area contributed by atoms with Crippen molar-refractivity contribution in [3.63, 3.8) is 0 Å². The summed E-state index contributed by atoms with van der Waals surface area (Å²) in [7, 11) is 2.23. The van der Waals surface area contributed by atoms with Crippen LogP contribution in [0.1, 0.15) is 35.9 Å². The first kappa shape index (κ1) is 23.2. The van der Waals surface area contributed by atoms with Gasteiger partial charge in [0.05, 0.1) is 21.8 Å². The Hall–Kier alpha value is -2.43. The number of carbonyl (C=O) groups is 2. The van der Waals surface area contributed by atoms with E-state index in [-0.39, 0.29) is 5.91 Å². The van der Waals surface area contributed by atoms with E-state index in [9.17, 15) is 18.9 Å². The van der Waals surface area contributed by atoms with Gasteiger partial charge in [0.2, 0.25) is 0 Å². The van der Waals surface area contributed by atoms with E-state index >= 15 is 0 Å². The molecule has 1 aromatic carbocycles. The zero-order chi connectivity index (χ0) is 22.7. The molecule has 1 aliphatic heterocycles. The van der Waals surface area contributed by atoms with Crippen molar-refractivity contribution in [2.75, 3.05) is 13.6 Å². The molecule has 0 aliphatic carbocycles. The third-order valence-electron chi connectivity index (χ3n) is 5.20. The Morgan fingerprint density at radius 1 is 1.45 bits per heavy atom. The second-order valence-corrected chi connectivity index (χ2v) is 10.2. The fourth-order valence-corrected chi connectivity index (χ4v) is 5.32. The quantitative estimate of drug-likeness (QED) is 0.648. The molecule has 1 aliphatic rings. The largest absolute Gasteiger partial charge is 0.480 e. The molecule has 2 aromatic rings. The van der Waals surface area contributed by atoms with Crippen LogP contribution in [0, 0.1) is 0 Å². The number of carboxylic acids is 1. The molecule has 166 valence electrons. The lowest BCUT2D eigenvalue weighted by Crippen LogP contribution is -2.40. The van der Waals surface area contributed by atoms with Gasteiger partial charge in [-0.3, -0.25) is 4.79 Å². The minimum absolute atomic E-state index is 0.297. The Morgan fingerprint density at radius 3 is 2.87 bits per heavy atom. The highest BCUT2D eigenvalue weighted by atomic mass is 32.2. The van der Waals surface area contributed by atoms with Crippen molar-refractivity contribution >= 4 is 45.7 Å². The molecule has 2 unspecified atom stereocenters.